The van der Waals surface area contributed by atoms with Gasteiger partial charge in [-0.05, 0) is 41.4 Å². The SMILES string of the molecule is COC(=O)Cn1ncc(NCC2(C)CCCS2)c(Br)c1=O. The molecule has 0 aliphatic carbocycles. The standard InChI is InChI=1S/C13H18BrN3O3S/c1-13(4-3-5-21-13)8-15-9-6-16-17(7-10(18)20-2)12(19)11(9)14/h6,15H,3-5,7-8H2,1-2H3. The van der Waals surface area contributed by atoms with Gasteiger partial charge in [0.15, 0.2) is 0 Å². The van der Waals surface area contributed by atoms with E-state index in [1.165, 1.54) is 19.3 Å². The van der Waals surface area contributed by atoms with Crippen LogP contribution in [0.3, 0.4) is 0 Å². The molecule has 21 heavy (non-hydrogen) atoms. The molecule has 2 rings (SSSR count). The number of rotatable bonds is 5. The third kappa shape index (κ3) is 4.00. The van der Waals surface area contributed by atoms with Crippen LogP contribution in [0, 0.1) is 0 Å². The Morgan fingerprint density at radius 1 is 1.67 bits per heavy atom. The van der Waals surface area contributed by atoms with E-state index in [0.29, 0.717) is 10.2 Å². The van der Waals surface area contributed by atoms with Crippen LogP contribution in [0.25, 0.3) is 0 Å². The van der Waals surface area contributed by atoms with Crippen molar-refractivity contribution in [2.24, 2.45) is 0 Å². The molecule has 0 spiro atoms. The first-order chi connectivity index (χ1) is 9.95. The number of carbonyl (C=O) groups excluding carboxylic acids is 1. The van der Waals surface area contributed by atoms with E-state index in [-0.39, 0.29) is 16.9 Å². The van der Waals surface area contributed by atoms with Crippen molar-refractivity contribution in [1.82, 2.24) is 9.78 Å². The summed E-state index contributed by atoms with van der Waals surface area (Å²) in [6.45, 7) is 2.80. The van der Waals surface area contributed by atoms with Crippen LogP contribution in [-0.2, 0) is 16.1 Å². The predicted octanol–water partition coefficient (Wildman–Crippen LogP) is 1.88. The van der Waals surface area contributed by atoms with Crippen molar-refractivity contribution in [2.45, 2.75) is 31.1 Å². The molecule has 6 nitrogen and oxygen atoms in total. The molecule has 0 amide bonds. The summed E-state index contributed by atoms with van der Waals surface area (Å²) in [5.74, 6) is 0.672. The molecular formula is C13H18BrN3O3S. The zero-order chi connectivity index (χ0) is 15.5. The number of ether oxygens (including phenoxy) is 1. The van der Waals surface area contributed by atoms with Crippen molar-refractivity contribution < 1.29 is 9.53 Å². The minimum absolute atomic E-state index is 0.193. The predicted molar refractivity (Wildman–Crippen MR) is 86.8 cm³/mol. The summed E-state index contributed by atoms with van der Waals surface area (Å²) < 4.78 is 6.19. The second-order valence-corrected chi connectivity index (χ2v) is 7.64. The zero-order valence-electron chi connectivity index (χ0n) is 12.0. The molecule has 116 valence electrons. The van der Waals surface area contributed by atoms with E-state index in [1.807, 2.05) is 11.8 Å². The fourth-order valence-corrected chi connectivity index (χ4v) is 3.84. The normalized spacial score (nSPS) is 21.3. The number of nitrogens with zero attached hydrogens (tertiary/aromatic N) is 2. The number of aromatic nitrogens is 2. The lowest BCUT2D eigenvalue weighted by molar-refractivity contribution is -0.141. The molecule has 2 heterocycles. The summed E-state index contributed by atoms with van der Waals surface area (Å²) in [5, 5.41) is 7.27. The lowest BCUT2D eigenvalue weighted by Crippen LogP contribution is -2.31. The summed E-state index contributed by atoms with van der Waals surface area (Å²) in [7, 11) is 1.28. The van der Waals surface area contributed by atoms with Gasteiger partial charge >= 0.3 is 5.97 Å². The topological polar surface area (TPSA) is 73.2 Å². The highest BCUT2D eigenvalue weighted by atomic mass is 79.9. The number of esters is 1. The van der Waals surface area contributed by atoms with Gasteiger partial charge < -0.3 is 10.1 Å². The van der Waals surface area contributed by atoms with E-state index in [9.17, 15) is 9.59 Å². The number of methoxy groups -OCH3 is 1. The van der Waals surface area contributed by atoms with E-state index in [1.54, 1.807) is 6.20 Å². The summed E-state index contributed by atoms with van der Waals surface area (Å²) in [4.78, 5) is 23.3. The molecule has 1 aromatic rings. The molecule has 1 unspecified atom stereocenters. The molecule has 1 aliphatic rings. The Morgan fingerprint density at radius 2 is 2.43 bits per heavy atom. The minimum Gasteiger partial charge on any atom is -0.468 e. The molecular weight excluding hydrogens is 358 g/mol. The maximum Gasteiger partial charge on any atom is 0.327 e. The van der Waals surface area contributed by atoms with Crippen LogP contribution in [0.1, 0.15) is 19.8 Å². The number of halogens is 1. The summed E-state index contributed by atoms with van der Waals surface area (Å²) >= 11 is 5.22. The minimum atomic E-state index is -0.507. The first kappa shape index (κ1) is 16.4. The summed E-state index contributed by atoms with van der Waals surface area (Å²) in [5.41, 5.74) is 0.296. The molecule has 0 aromatic carbocycles. The van der Waals surface area contributed by atoms with E-state index in [4.69, 9.17) is 0 Å². The average molecular weight is 376 g/mol. The monoisotopic (exact) mass is 375 g/mol. The van der Waals surface area contributed by atoms with Gasteiger partial charge in [0, 0.05) is 11.3 Å². The summed E-state index contributed by atoms with van der Waals surface area (Å²) in [6.07, 6.45) is 3.94. The molecule has 1 atom stereocenters. The molecule has 1 N–H and O–H groups in total. The molecule has 0 saturated carbocycles. The van der Waals surface area contributed by atoms with Gasteiger partial charge in [0.1, 0.15) is 11.0 Å². The molecule has 1 fully saturated rings. The Labute approximate surface area is 135 Å². The Hall–Kier alpha value is -1.02. The van der Waals surface area contributed by atoms with Crippen molar-refractivity contribution in [3.05, 3.63) is 21.0 Å². The highest BCUT2D eigenvalue weighted by Gasteiger charge is 2.29. The molecule has 1 aromatic heterocycles. The molecule has 1 aliphatic heterocycles. The van der Waals surface area contributed by atoms with E-state index < -0.39 is 5.97 Å². The lowest BCUT2D eigenvalue weighted by atomic mass is 10.1. The Morgan fingerprint density at radius 3 is 3.05 bits per heavy atom. The van der Waals surface area contributed by atoms with Gasteiger partial charge in [-0.3, -0.25) is 9.59 Å². The maximum atomic E-state index is 12.1. The zero-order valence-corrected chi connectivity index (χ0v) is 14.4. The highest BCUT2D eigenvalue weighted by molar-refractivity contribution is 9.10. The van der Waals surface area contributed by atoms with Gasteiger partial charge in [-0.25, -0.2) is 4.68 Å². The highest BCUT2D eigenvalue weighted by Crippen LogP contribution is 2.37. The number of thioether (sulfide) groups is 1. The fourth-order valence-electron chi connectivity index (χ4n) is 2.15. The molecule has 1 saturated heterocycles. The van der Waals surface area contributed by atoms with Crippen LogP contribution in [0.5, 0.6) is 0 Å². The third-order valence-electron chi connectivity index (χ3n) is 3.44. The van der Waals surface area contributed by atoms with Gasteiger partial charge in [-0.1, -0.05) is 0 Å². The Bertz CT molecular complexity index is 585. The van der Waals surface area contributed by atoms with Gasteiger partial charge in [0.2, 0.25) is 0 Å². The van der Waals surface area contributed by atoms with Crippen molar-refractivity contribution in [1.29, 1.82) is 0 Å². The van der Waals surface area contributed by atoms with Crippen molar-refractivity contribution in [3.8, 4) is 0 Å². The number of hydrogen-bond acceptors (Lipinski definition) is 6. The Balaban J connectivity index is 2.09. The van der Waals surface area contributed by atoms with E-state index in [2.05, 4.69) is 38.0 Å². The lowest BCUT2D eigenvalue weighted by Gasteiger charge is -2.23. The van der Waals surface area contributed by atoms with Crippen molar-refractivity contribution in [3.63, 3.8) is 0 Å². The first-order valence-corrected chi connectivity index (χ1v) is 8.43. The fraction of sp³-hybridized carbons (Fsp3) is 0.615. The van der Waals surface area contributed by atoms with Crippen LogP contribution >= 0.6 is 27.7 Å². The molecule has 8 heteroatoms. The second kappa shape index (κ2) is 6.83. The molecule has 0 bridgehead atoms. The largest absolute Gasteiger partial charge is 0.468 e. The molecule has 0 radical (unpaired) electrons. The van der Waals surface area contributed by atoms with Crippen LogP contribution in [-0.4, -0.2) is 39.9 Å². The van der Waals surface area contributed by atoms with E-state index in [0.717, 1.165) is 17.6 Å². The number of nitrogens with one attached hydrogen (secondary N) is 1. The first-order valence-electron chi connectivity index (χ1n) is 6.65. The number of anilines is 1. The Kier molecular flexibility index (Phi) is 5.32. The van der Waals surface area contributed by atoms with Gasteiger partial charge in [-0.15, -0.1) is 0 Å². The van der Waals surface area contributed by atoms with Gasteiger partial charge in [0.25, 0.3) is 5.56 Å². The second-order valence-electron chi connectivity index (χ2n) is 5.17. The van der Waals surface area contributed by atoms with Crippen LogP contribution in [0.15, 0.2) is 15.5 Å². The van der Waals surface area contributed by atoms with E-state index >= 15 is 0 Å². The average Bonchev–Trinajstić information content (AvgIpc) is 2.90. The van der Waals surface area contributed by atoms with Gasteiger partial charge in [0.05, 0.1) is 19.0 Å². The number of carbonyl (C=O) groups is 1. The third-order valence-corrected chi connectivity index (χ3v) is 5.75. The van der Waals surface area contributed by atoms with Crippen molar-refractivity contribution in [2.75, 3.05) is 24.7 Å². The smallest absolute Gasteiger partial charge is 0.327 e. The summed E-state index contributed by atoms with van der Waals surface area (Å²) in [6, 6.07) is 0. The van der Waals surface area contributed by atoms with Crippen LogP contribution in [0.2, 0.25) is 0 Å². The van der Waals surface area contributed by atoms with Crippen LogP contribution < -0.4 is 10.9 Å². The van der Waals surface area contributed by atoms with Crippen LogP contribution in [0.4, 0.5) is 5.69 Å². The van der Waals surface area contributed by atoms with Gasteiger partial charge in [-0.2, -0.15) is 16.9 Å². The number of hydrogen-bond donors (Lipinski definition) is 1. The van der Waals surface area contributed by atoms with Crippen molar-refractivity contribution >= 4 is 39.3 Å². The quantitative estimate of drug-likeness (QED) is 0.792. The maximum absolute atomic E-state index is 12.1.